The zero-order valence-electron chi connectivity index (χ0n) is 14.2. The van der Waals surface area contributed by atoms with Crippen LogP contribution in [0.4, 0.5) is 0 Å². The number of aryl methyl sites for hydroxylation is 1. The molecular weight excluding hydrogens is 366 g/mol. The topological polar surface area (TPSA) is 54.2 Å². The average Bonchev–Trinajstić information content (AvgIpc) is 3.26. The summed E-state index contributed by atoms with van der Waals surface area (Å²) >= 11 is 3.69. The molecule has 24 heavy (non-hydrogen) atoms. The molecule has 3 rings (SSSR count). The van der Waals surface area contributed by atoms with Gasteiger partial charge in [-0.15, -0.1) is 0 Å². The van der Waals surface area contributed by atoms with Crippen LogP contribution in [0.2, 0.25) is 0 Å². The van der Waals surface area contributed by atoms with Crippen molar-refractivity contribution in [2.45, 2.75) is 31.7 Å². The molecule has 1 aromatic heterocycles. The number of rotatable bonds is 6. The van der Waals surface area contributed by atoms with Crippen molar-refractivity contribution >= 4 is 21.9 Å². The van der Waals surface area contributed by atoms with Gasteiger partial charge in [0.2, 0.25) is 0 Å². The summed E-state index contributed by atoms with van der Waals surface area (Å²) in [5, 5.41) is 11.0. The minimum absolute atomic E-state index is 0.225. The first-order chi connectivity index (χ1) is 11.6. The number of hydrogen-bond donors (Lipinski definition) is 2. The van der Waals surface area contributed by atoms with E-state index in [9.17, 15) is 0 Å². The minimum atomic E-state index is 0.225. The lowest BCUT2D eigenvalue weighted by molar-refractivity contribution is 0.641. The first-order valence-electron chi connectivity index (χ1n) is 8.39. The van der Waals surface area contributed by atoms with Crippen LogP contribution in [-0.2, 0) is 19.0 Å². The maximum absolute atomic E-state index is 4.69. The molecule has 0 aliphatic heterocycles. The third-order valence-electron chi connectivity index (χ3n) is 4.56. The molecule has 1 aliphatic carbocycles. The number of hydrogen-bond acceptors (Lipinski definition) is 2. The van der Waals surface area contributed by atoms with E-state index in [1.807, 2.05) is 17.8 Å². The fraction of sp³-hybridized carbons (Fsp3) is 0.444. The van der Waals surface area contributed by atoms with E-state index < -0.39 is 0 Å². The Balaban J connectivity index is 1.66. The lowest BCUT2D eigenvalue weighted by Crippen LogP contribution is -2.41. The van der Waals surface area contributed by atoms with E-state index in [0.29, 0.717) is 6.54 Å². The quantitative estimate of drug-likeness (QED) is 0.589. The molecule has 6 heteroatoms. The number of aromatic nitrogens is 2. The van der Waals surface area contributed by atoms with Gasteiger partial charge in [-0.25, -0.2) is 4.99 Å². The van der Waals surface area contributed by atoms with E-state index in [2.05, 4.69) is 67.8 Å². The Kier molecular flexibility index (Phi) is 5.23. The summed E-state index contributed by atoms with van der Waals surface area (Å²) < 4.78 is 3.05. The van der Waals surface area contributed by atoms with Gasteiger partial charge in [0.05, 0.1) is 12.2 Å². The van der Waals surface area contributed by atoms with Crippen molar-refractivity contribution < 1.29 is 0 Å². The van der Waals surface area contributed by atoms with Crippen molar-refractivity contribution in [3.8, 4) is 0 Å². The van der Waals surface area contributed by atoms with E-state index in [1.54, 1.807) is 6.20 Å². The van der Waals surface area contributed by atoms with Crippen LogP contribution in [0.3, 0.4) is 0 Å². The van der Waals surface area contributed by atoms with Crippen LogP contribution in [0, 0.1) is 0 Å². The third kappa shape index (κ3) is 3.80. The summed E-state index contributed by atoms with van der Waals surface area (Å²) in [7, 11) is 1.94. The fourth-order valence-electron chi connectivity index (χ4n) is 2.89. The van der Waals surface area contributed by atoms with Crippen molar-refractivity contribution in [1.82, 2.24) is 20.4 Å². The summed E-state index contributed by atoms with van der Waals surface area (Å²) in [5.74, 6) is 0.858. The Morgan fingerprint density at radius 3 is 2.71 bits per heavy atom. The van der Waals surface area contributed by atoms with Crippen LogP contribution >= 0.6 is 15.9 Å². The standard InChI is InChI=1S/C18H24BrN5/c1-3-20-17(21-12-14-8-11-23-24(14)2)22-13-18(9-10-18)15-6-4-5-7-16(15)19/h4-8,11H,3,9-10,12-13H2,1-2H3,(H2,20,21,22). The van der Waals surface area contributed by atoms with Crippen LogP contribution < -0.4 is 10.6 Å². The van der Waals surface area contributed by atoms with Crippen LogP contribution in [0.15, 0.2) is 46.0 Å². The van der Waals surface area contributed by atoms with Gasteiger partial charge < -0.3 is 10.6 Å². The zero-order valence-corrected chi connectivity index (χ0v) is 15.8. The maximum Gasteiger partial charge on any atom is 0.191 e. The highest BCUT2D eigenvalue weighted by atomic mass is 79.9. The monoisotopic (exact) mass is 389 g/mol. The molecule has 1 heterocycles. The van der Waals surface area contributed by atoms with E-state index in [4.69, 9.17) is 0 Å². The second-order valence-electron chi connectivity index (χ2n) is 6.26. The minimum Gasteiger partial charge on any atom is -0.357 e. The Labute approximate surface area is 151 Å². The summed E-state index contributed by atoms with van der Waals surface area (Å²) in [6.07, 6.45) is 4.23. The lowest BCUT2D eigenvalue weighted by atomic mass is 9.96. The molecule has 1 fully saturated rings. The Hall–Kier alpha value is -1.82. The van der Waals surface area contributed by atoms with Crippen LogP contribution in [0.5, 0.6) is 0 Å². The fourth-order valence-corrected chi connectivity index (χ4v) is 3.60. The van der Waals surface area contributed by atoms with Crippen molar-refractivity contribution in [3.63, 3.8) is 0 Å². The number of halogens is 1. The van der Waals surface area contributed by atoms with E-state index in [-0.39, 0.29) is 5.41 Å². The Morgan fingerprint density at radius 1 is 1.29 bits per heavy atom. The van der Waals surface area contributed by atoms with Crippen molar-refractivity contribution in [2.75, 3.05) is 13.1 Å². The number of benzene rings is 1. The molecule has 0 radical (unpaired) electrons. The van der Waals surface area contributed by atoms with Crippen molar-refractivity contribution in [3.05, 3.63) is 52.3 Å². The van der Waals surface area contributed by atoms with Gasteiger partial charge >= 0.3 is 0 Å². The molecule has 0 amide bonds. The number of nitrogens with one attached hydrogen (secondary N) is 2. The highest BCUT2D eigenvalue weighted by Crippen LogP contribution is 2.49. The van der Waals surface area contributed by atoms with Gasteiger partial charge in [-0.3, -0.25) is 4.68 Å². The second kappa shape index (κ2) is 7.38. The zero-order chi connectivity index (χ0) is 17.0. The van der Waals surface area contributed by atoms with Gasteiger partial charge in [0, 0.05) is 36.2 Å². The number of nitrogens with zero attached hydrogens (tertiary/aromatic N) is 3. The molecule has 0 atom stereocenters. The third-order valence-corrected chi connectivity index (χ3v) is 5.25. The van der Waals surface area contributed by atoms with E-state index in [0.717, 1.165) is 24.7 Å². The second-order valence-corrected chi connectivity index (χ2v) is 7.11. The average molecular weight is 390 g/mol. The van der Waals surface area contributed by atoms with Gasteiger partial charge in [0.1, 0.15) is 0 Å². The SMILES string of the molecule is CCNC(=NCc1ccnn1C)NCC1(c2ccccc2Br)CC1. The lowest BCUT2D eigenvalue weighted by Gasteiger charge is -2.20. The predicted octanol–water partition coefficient (Wildman–Crippen LogP) is 2.97. The molecule has 128 valence electrons. The van der Waals surface area contributed by atoms with Crippen LogP contribution in [0.1, 0.15) is 31.0 Å². The summed E-state index contributed by atoms with van der Waals surface area (Å²) in [6.45, 7) is 4.45. The summed E-state index contributed by atoms with van der Waals surface area (Å²) in [6, 6.07) is 10.5. The maximum atomic E-state index is 4.69. The molecule has 2 aromatic rings. The van der Waals surface area contributed by atoms with Gasteiger partial charge in [0.25, 0.3) is 0 Å². The van der Waals surface area contributed by atoms with Crippen molar-refractivity contribution in [1.29, 1.82) is 0 Å². The van der Waals surface area contributed by atoms with Crippen LogP contribution in [0.25, 0.3) is 0 Å². The van der Waals surface area contributed by atoms with Gasteiger partial charge in [-0.1, -0.05) is 34.1 Å². The summed E-state index contributed by atoms with van der Waals surface area (Å²) in [5.41, 5.74) is 2.71. The molecule has 0 saturated heterocycles. The molecule has 0 unspecified atom stereocenters. The normalized spacial score (nSPS) is 16.0. The molecule has 2 N–H and O–H groups in total. The molecule has 1 aromatic carbocycles. The Morgan fingerprint density at radius 2 is 2.08 bits per heavy atom. The number of guanidine groups is 1. The Bertz CT molecular complexity index is 718. The summed E-state index contributed by atoms with van der Waals surface area (Å²) in [4.78, 5) is 4.69. The first-order valence-corrected chi connectivity index (χ1v) is 9.18. The largest absolute Gasteiger partial charge is 0.357 e. The van der Waals surface area contributed by atoms with Gasteiger partial charge in [-0.05, 0) is 37.5 Å². The first kappa shape index (κ1) is 17.0. The molecule has 5 nitrogen and oxygen atoms in total. The predicted molar refractivity (Wildman–Crippen MR) is 101 cm³/mol. The van der Waals surface area contributed by atoms with Crippen molar-refractivity contribution in [2.24, 2.45) is 12.0 Å². The smallest absolute Gasteiger partial charge is 0.191 e. The molecule has 0 spiro atoms. The molecule has 1 aliphatic rings. The van der Waals surface area contributed by atoms with Gasteiger partial charge in [-0.2, -0.15) is 5.10 Å². The van der Waals surface area contributed by atoms with Crippen LogP contribution in [-0.4, -0.2) is 28.8 Å². The highest BCUT2D eigenvalue weighted by molar-refractivity contribution is 9.10. The van der Waals surface area contributed by atoms with E-state index in [1.165, 1.54) is 22.9 Å². The van der Waals surface area contributed by atoms with E-state index >= 15 is 0 Å². The number of aliphatic imine (C=N–C) groups is 1. The molecule has 1 saturated carbocycles. The van der Waals surface area contributed by atoms with Gasteiger partial charge in [0.15, 0.2) is 5.96 Å². The highest BCUT2D eigenvalue weighted by Gasteiger charge is 2.45. The molecule has 0 bridgehead atoms. The molecular formula is C18H24BrN5.